The lowest BCUT2D eigenvalue weighted by Crippen LogP contribution is -2.54. The maximum Gasteiger partial charge on any atom is 0.251 e. The maximum absolute atomic E-state index is 13.5. The molecule has 3 fully saturated rings. The fourth-order valence-electron chi connectivity index (χ4n) is 5.15. The van der Waals surface area contributed by atoms with Gasteiger partial charge in [-0.15, -0.1) is 0 Å². The smallest absolute Gasteiger partial charge is 0.251 e. The molecule has 0 unspecified atom stereocenters. The number of rotatable bonds is 7. The van der Waals surface area contributed by atoms with E-state index in [4.69, 9.17) is 10.5 Å². The molecule has 0 saturated carbocycles. The summed E-state index contributed by atoms with van der Waals surface area (Å²) in [6.07, 6.45) is 0.245. The second-order valence-corrected chi connectivity index (χ2v) is 9.65. The number of amides is 2. The zero-order valence-corrected chi connectivity index (χ0v) is 20.4. The number of Topliss-reactive ketones (excluding diaryl/α,β-unsaturated/α-hetero) is 1. The summed E-state index contributed by atoms with van der Waals surface area (Å²) >= 11 is 0. The van der Waals surface area contributed by atoms with E-state index in [0.29, 0.717) is 12.0 Å². The van der Waals surface area contributed by atoms with Gasteiger partial charge in [0.25, 0.3) is 5.91 Å². The van der Waals surface area contributed by atoms with Crippen LogP contribution < -0.4 is 16.0 Å². The Morgan fingerprint density at radius 1 is 1.15 bits per heavy atom. The number of carbonyl (C=O) groups is 3. The Morgan fingerprint density at radius 2 is 1.82 bits per heavy atom. The molecule has 3 N–H and O–H groups in total. The Hall–Kier alpha value is -2.49. The van der Waals surface area contributed by atoms with Gasteiger partial charge in [0.05, 0.1) is 6.04 Å². The van der Waals surface area contributed by atoms with E-state index in [0.717, 1.165) is 38.4 Å². The van der Waals surface area contributed by atoms with Gasteiger partial charge >= 0.3 is 0 Å². The lowest BCUT2D eigenvalue weighted by molar-refractivity contribution is -0.139. The standard InChI is InChI=1S/C25H37N5O4/c1-4-16(3)21(25(33)30-14-19(26)23-22(30)20(31)15-34-23)27-24(32)17-6-8-18(9-7-17)29-12-10-28(5-2)11-13-29/h6-9,16,19,21-23H,4-5,10-15,26H2,1-3H3,(H,27,32)/t16-,19-,21-,22+,23+/m0/s1. The molecule has 3 heterocycles. The van der Waals surface area contributed by atoms with Crippen LogP contribution >= 0.6 is 0 Å². The summed E-state index contributed by atoms with van der Waals surface area (Å²) in [6, 6.07) is 5.76. The molecule has 9 nitrogen and oxygen atoms in total. The van der Waals surface area contributed by atoms with Gasteiger partial charge in [-0.25, -0.2) is 0 Å². The molecule has 1 aromatic rings. The van der Waals surface area contributed by atoms with Crippen molar-refractivity contribution < 1.29 is 19.1 Å². The number of ketones is 1. The number of piperazine rings is 1. The van der Waals surface area contributed by atoms with Crippen molar-refractivity contribution in [3.8, 4) is 0 Å². The third-order valence-corrected chi connectivity index (χ3v) is 7.59. The third-order valence-electron chi connectivity index (χ3n) is 7.59. The summed E-state index contributed by atoms with van der Waals surface area (Å²) in [4.78, 5) is 45.2. The summed E-state index contributed by atoms with van der Waals surface area (Å²) in [5.41, 5.74) is 7.74. The number of hydrogen-bond acceptors (Lipinski definition) is 7. The number of nitrogens with one attached hydrogen (secondary N) is 1. The predicted molar refractivity (Wildman–Crippen MR) is 130 cm³/mol. The number of fused-ring (bicyclic) bond motifs is 1. The highest BCUT2D eigenvalue weighted by molar-refractivity contribution is 5.99. The van der Waals surface area contributed by atoms with Gasteiger partial charge < -0.3 is 30.5 Å². The van der Waals surface area contributed by atoms with E-state index in [-0.39, 0.29) is 36.7 Å². The van der Waals surface area contributed by atoms with Crippen molar-refractivity contribution in [1.82, 2.24) is 15.1 Å². The van der Waals surface area contributed by atoms with Crippen molar-refractivity contribution in [3.63, 3.8) is 0 Å². The van der Waals surface area contributed by atoms with Crippen LogP contribution in [-0.4, -0.2) is 97.5 Å². The summed E-state index contributed by atoms with van der Waals surface area (Å²) in [6.45, 7) is 11.4. The molecule has 0 aromatic heterocycles. The highest BCUT2D eigenvalue weighted by Crippen LogP contribution is 2.28. The van der Waals surface area contributed by atoms with E-state index in [1.807, 2.05) is 38.1 Å². The molecule has 0 aliphatic carbocycles. The Kier molecular flexibility index (Phi) is 7.54. The second kappa shape index (κ2) is 10.4. The van der Waals surface area contributed by atoms with Gasteiger partial charge in [-0.05, 0) is 36.7 Å². The third kappa shape index (κ3) is 4.82. The molecule has 0 spiro atoms. The Balaban J connectivity index is 1.44. The summed E-state index contributed by atoms with van der Waals surface area (Å²) in [5.74, 6) is -0.792. The van der Waals surface area contributed by atoms with Crippen LogP contribution in [0, 0.1) is 5.92 Å². The van der Waals surface area contributed by atoms with Crippen molar-refractivity contribution >= 4 is 23.3 Å². The van der Waals surface area contributed by atoms with Crippen LogP contribution in [0.5, 0.6) is 0 Å². The minimum atomic E-state index is -0.737. The van der Waals surface area contributed by atoms with Crippen molar-refractivity contribution in [3.05, 3.63) is 29.8 Å². The number of hydrogen-bond donors (Lipinski definition) is 2. The molecular weight excluding hydrogens is 434 g/mol. The molecule has 2 amide bonds. The fourth-order valence-corrected chi connectivity index (χ4v) is 5.15. The van der Waals surface area contributed by atoms with E-state index < -0.39 is 24.2 Å². The molecule has 186 valence electrons. The highest BCUT2D eigenvalue weighted by Gasteiger charge is 2.52. The normalized spacial score (nSPS) is 26.9. The first-order valence-electron chi connectivity index (χ1n) is 12.4. The first-order chi connectivity index (χ1) is 16.3. The van der Waals surface area contributed by atoms with Gasteiger partial charge in [0.15, 0.2) is 5.78 Å². The quantitative estimate of drug-likeness (QED) is 0.595. The number of ether oxygens (including phenoxy) is 1. The van der Waals surface area contributed by atoms with E-state index in [2.05, 4.69) is 22.0 Å². The number of nitrogens with zero attached hydrogens (tertiary/aromatic N) is 3. The van der Waals surface area contributed by atoms with Crippen LogP contribution in [-0.2, 0) is 14.3 Å². The number of likely N-dealkylation sites (tertiary alicyclic amines) is 1. The van der Waals surface area contributed by atoms with Gasteiger partial charge in [-0.3, -0.25) is 14.4 Å². The first kappa shape index (κ1) is 24.6. The average Bonchev–Trinajstić information content (AvgIpc) is 3.41. The minimum Gasteiger partial charge on any atom is -0.369 e. The molecule has 34 heavy (non-hydrogen) atoms. The topological polar surface area (TPSA) is 108 Å². The number of benzene rings is 1. The van der Waals surface area contributed by atoms with Gasteiger partial charge in [-0.1, -0.05) is 27.2 Å². The Morgan fingerprint density at radius 3 is 2.44 bits per heavy atom. The molecule has 0 radical (unpaired) electrons. The molecule has 4 rings (SSSR count). The zero-order valence-electron chi connectivity index (χ0n) is 20.4. The van der Waals surface area contributed by atoms with Crippen LogP contribution in [0.25, 0.3) is 0 Å². The molecule has 5 atom stereocenters. The van der Waals surface area contributed by atoms with E-state index in [1.165, 1.54) is 4.90 Å². The Bertz CT molecular complexity index is 899. The van der Waals surface area contributed by atoms with Crippen LogP contribution in [0.15, 0.2) is 24.3 Å². The largest absolute Gasteiger partial charge is 0.369 e. The number of carbonyl (C=O) groups excluding carboxylic acids is 3. The van der Waals surface area contributed by atoms with Crippen LogP contribution in [0.4, 0.5) is 5.69 Å². The van der Waals surface area contributed by atoms with E-state index in [9.17, 15) is 14.4 Å². The van der Waals surface area contributed by atoms with Crippen molar-refractivity contribution in [2.45, 2.75) is 51.4 Å². The summed E-state index contributed by atoms with van der Waals surface area (Å²) in [7, 11) is 0. The molecule has 3 saturated heterocycles. The predicted octanol–water partition coefficient (Wildman–Crippen LogP) is 0.479. The molecule has 3 aliphatic heterocycles. The SMILES string of the molecule is CC[C@H](C)[C@H](NC(=O)c1ccc(N2CCN(CC)CC2)cc1)C(=O)N1C[C@H](N)[C@H]2OCC(=O)[C@H]21. The van der Waals surface area contributed by atoms with Gasteiger partial charge in [0.2, 0.25) is 5.91 Å². The maximum atomic E-state index is 13.5. The number of likely N-dealkylation sites (N-methyl/N-ethyl adjacent to an activating group) is 1. The molecule has 1 aromatic carbocycles. The fraction of sp³-hybridized carbons (Fsp3) is 0.640. The zero-order chi connectivity index (χ0) is 24.4. The molecular formula is C25H37N5O4. The van der Waals surface area contributed by atoms with Crippen LogP contribution in [0.2, 0.25) is 0 Å². The number of nitrogens with two attached hydrogens (primary N) is 1. The molecule has 3 aliphatic rings. The minimum absolute atomic E-state index is 0.0208. The van der Waals surface area contributed by atoms with E-state index in [1.54, 1.807) is 0 Å². The highest BCUT2D eigenvalue weighted by atomic mass is 16.5. The summed E-state index contributed by atoms with van der Waals surface area (Å²) < 4.78 is 5.51. The molecule has 9 heteroatoms. The van der Waals surface area contributed by atoms with Gasteiger partial charge in [0, 0.05) is 44.0 Å². The van der Waals surface area contributed by atoms with Crippen molar-refractivity contribution in [2.75, 3.05) is 50.8 Å². The average molecular weight is 472 g/mol. The Labute approximate surface area is 201 Å². The summed E-state index contributed by atoms with van der Waals surface area (Å²) in [5, 5.41) is 2.94. The van der Waals surface area contributed by atoms with Crippen molar-refractivity contribution in [2.24, 2.45) is 11.7 Å². The lowest BCUT2D eigenvalue weighted by Gasteiger charge is -2.35. The second-order valence-electron chi connectivity index (χ2n) is 9.65. The number of anilines is 1. The lowest BCUT2D eigenvalue weighted by atomic mass is 9.96. The monoisotopic (exact) mass is 471 g/mol. The van der Waals surface area contributed by atoms with Crippen LogP contribution in [0.3, 0.4) is 0 Å². The first-order valence-corrected chi connectivity index (χ1v) is 12.4. The van der Waals surface area contributed by atoms with Crippen molar-refractivity contribution in [1.29, 1.82) is 0 Å². The van der Waals surface area contributed by atoms with Crippen LogP contribution in [0.1, 0.15) is 37.6 Å². The van der Waals surface area contributed by atoms with E-state index >= 15 is 0 Å². The van der Waals surface area contributed by atoms with Gasteiger partial charge in [0.1, 0.15) is 24.8 Å². The van der Waals surface area contributed by atoms with Gasteiger partial charge in [-0.2, -0.15) is 0 Å². The molecule has 0 bridgehead atoms.